The Balaban J connectivity index is 2.11. The molecule has 0 aromatic heterocycles. The third kappa shape index (κ3) is 3.16. The number of likely N-dealkylation sites (tertiary alicyclic amines) is 1. The summed E-state index contributed by atoms with van der Waals surface area (Å²) < 4.78 is 0. The number of carbonyl (C=O) groups is 1. The SMILES string of the molecule is N#Cc1cccc(C(=O)N2CCCC(O)(CO)CC2)c1. The second-order valence-corrected chi connectivity index (χ2v) is 5.22. The van der Waals surface area contributed by atoms with E-state index in [1.54, 1.807) is 29.2 Å². The molecular formula is C15H18N2O3. The molecule has 20 heavy (non-hydrogen) atoms. The minimum Gasteiger partial charge on any atom is -0.393 e. The van der Waals surface area contributed by atoms with Gasteiger partial charge in [0.1, 0.15) is 0 Å². The molecule has 0 aliphatic carbocycles. The fourth-order valence-corrected chi connectivity index (χ4v) is 2.44. The molecule has 1 heterocycles. The van der Waals surface area contributed by atoms with Gasteiger partial charge in [-0.05, 0) is 37.5 Å². The zero-order valence-corrected chi connectivity index (χ0v) is 11.2. The average Bonchev–Trinajstić information content (AvgIpc) is 2.69. The number of aliphatic hydroxyl groups excluding tert-OH is 1. The van der Waals surface area contributed by atoms with E-state index in [0.29, 0.717) is 43.5 Å². The highest BCUT2D eigenvalue weighted by Crippen LogP contribution is 2.22. The Hall–Kier alpha value is -1.90. The van der Waals surface area contributed by atoms with E-state index in [2.05, 4.69) is 0 Å². The first-order valence-electron chi connectivity index (χ1n) is 6.71. The van der Waals surface area contributed by atoms with Crippen molar-refractivity contribution in [2.75, 3.05) is 19.7 Å². The van der Waals surface area contributed by atoms with Crippen LogP contribution in [0.5, 0.6) is 0 Å². The van der Waals surface area contributed by atoms with Crippen LogP contribution in [0.25, 0.3) is 0 Å². The molecule has 0 saturated carbocycles. The molecule has 5 nitrogen and oxygen atoms in total. The molecule has 1 aliphatic rings. The Kier molecular flexibility index (Phi) is 4.38. The first kappa shape index (κ1) is 14.5. The highest BCUT2D eigenvalue weighted by molar-refractivity contribution is 5.94. The van der Waals surface area contributed by atoms with E-state index in [-0.39, 0.29) is 12.5 Å². The smallest absolute Gasteiger partial charge is 0.253 e. The lowest BCUT2D eigenvalue weighted by Gasteiger charge is -2.24. The van der Waals surface area contributed by atoms with Crippen molar-refractivity contribution in [3.8, 4) is 6.07 Å². The minimum absolute atomic E-state index is 0.135. The van der Waals surface area contributed by atoms with Gasteiger partial charge >= 0.3 is 0 Å². The minimum atomic E-state index is -1.08. The summed E-state index contributed by atoms with van der Waals surface area (Å²) in [5, 5.41) is 28.1. The molecule has 1 amide bonds. The molecular weight excluding hydrogens is 256 g/mol. The molecule has 1 unspecified atom stereocenters. The molecule has 2 rings (SSSR count). The molecule has 2 N–H and O–H groups in total. The van der Waals surface area contributed by atoms with Crippen molar-refractivity contribution < 1.29 is 15.0 Å². The predicted molar refractivity (Wildman–Crippen MR) is 72.9 cm³/mol. The number of rotatable bonds is 2. The first-order chi connectivity index (χ1) is 9.58. The number of hydrogen-bond donors (Lipinski definition) is 2. The van der Waals surface area contributed by atoms with Crippen LogP contribution in [0, 0.1) is 11.3 Å². The van der Waals surface area contributed by atoms with Gasteiger partial charge in [0.05, 0.1) is 23.8 Å². The summed E-state index contributed by atoms with van der Waals surface area (Å²) in [5.74, 6) is -0.135. The fourth-order valence-electron chi connectivity index (χ4n) is 2.44. The molecule has 0 bridgehead atoms. The fraction of sp³-hybridized carbons (Fsp3) is 0.467. The zero-order chi connectivity index (χ0) is 14.6. The maximum atomic E-state index is 12.4. The van der Waals surface area contributed by atoms with Crippen LogP contribution in [-0.4, -0.2) is 46.3 Å². The summed E-state index contributed by atoms with van der Waals surface area (Å²) in [6.07, 6.45) is 1.51. The van der Waals surface area contributed by atoms with E-state index in [0.717, 1.165) is 0 Å². The van der Waals surface area contributed by atoms with E-state index < -0.39 is 5.60 Å². The van der Waals surface area contributed by atoms with Gasteiger partial charge < -0.3 is 15.1 Å². The van der Waals surface area contributed by atoms with Gasteiger partial charge in [-0.2, -0.15) is 5.26 Å². The van der Waals surface area contributed by atoms with Crippen molar-refractivity contribution in [3.63, 3.8) is 0 Å². The van der Waals surface area contributed by atoms with Gasteiger partial charge in [-0.25, -0.2) is 0 Å². The molecule has 5 heteroatoms. The van der Waals surface area contributed by atoms with Gasteiger partial charge in [-0.15, -0.1) is 0 Å². The third-order valence-corrected chi connectivity index (χ3v) is 3.74. The highest BCUT2D eigenvalue weighted by atomic mass is 16.3. The van der Waals surface area contributed by atoms with Gasteiger partial charge in [0.15, 0.2) is 0 Å². The van der Waals surface area contributed by atoms with E-state index in [1.807, 2.05) is 6.07 Å². The Bertz CT molecular complexity index is 538. The molecule has 1 fully saturated rings. The lowest BCUT2D eigenvalue weighted by molar-refractivity contribution is -0.0250. The lowest BCUT2D eigenvalue weighted by atomic mass is 9.96. The summed E-state index contributed by atoms with van der Waals surface area (Å²) in [4.78, 5) is 14.1. The molecule has 0 spiro atoms. The van der Waals surface area contributed by atoms with Gasteiger partial charge in [0.2, 0.25) is 0 Å². The van der Waals surface area contributed by atoms with Crippen molar-refractivity contribution in [3.05, 3.63) is 35.4 Å². The largest absolute Gasteiger partial charge is 0.393 e. The van der Waals surface area contributed by atoms with Gasteiger partial charge in [-0.3, -0.25) is 4.79 Å². The van der Waals surface area contributed by atoms with E-state index in [1.165, 1.54) is 0 Å². The molecule has 1 saturated heterocycles. The highest BCUT2D eigenvalue weighted by Gasteiger charge is 2.31. The Labute approximate surface area is 118 Å². The summed E-state index contributed by atoms with van der Waals surface area (Å²) in [6, 6.07) is 8.62. The number of nitrogens with zero attached hydrogens (tertiary/aromatic N) is 2. The maximum Gasteiger partial charge on any atom is 0.253 e. The lowest BCUT2D eigenvalue weighted by Crippen LogP contribution is -2.36. The second kappa shape index (κ2) is 6.04. The number of hydrogen-bond acceptors (Lipinski definition) is 4. The first-order valence-corrected chi connectivity index (χ1v) is 6.71. The van der Waals surface area contributed by atoms with E-state index in [9.17, 15) is 15.0 Å². The van der Waals surface area contributed by atoms with Gasteiger partial charge in [-0.1, -0.05) is 6.07 Å². The van der Waals surface area contributed by atoms with E-state index in [4.69, 9.17) is 5.26 Å². The quantitative estimate of drug-likeness (QED) is 0.839. The molecule has 0 radical (unpaired) electrons. The second-order valence-electron chi connectivity index (χ2n) is 5.22. The van der Waals surface area contributed by atoms with Crippen LogP contribution in [0.3, 0.4) is 0 Å². The summed E-state index contributed by atoms with van der Waals surface area (Å²) in [7, 11) is 0. The van der Waals surface area contributed by atoms with Crippen molar-refractivity contribution in [2.24, 2.45) is 0 Å². The average molecular weight is 274 g/mol. The summed E-state index contributed by atoms with van der Waals surface area (Å²) >= 11 is 0. The van der Waals surface area contributed by atoms with Crippen molar-refractivity contribution in [2.45, 2.75) is 24.9 Å². The van der Waals surface area contributed by atoms with Crippen LogP contribution in [0.4, 0.5) is 0 Å². The van der Waals surface area contributed by atoms with Gasteiger partial charge in [0, 0.05) is 18.7 Å². The van der Waals surface area contributed by atoms with Crippen molar-refractivity contribution in [1.82, 2.24) is 4.90 Å². The number of carbonyl (C=O) groups excluding carboxylic acids is 1. The molecule has 1 atom stereocenters. The maximum absolute atomic E-state index is 12.4. The Morgan fingerprint density at radius 1 is 1.40 bits per heavy atom. The predicted octanol–water partition coefficient (Wildman–Crippen LogP) is 0.908. The van der Waals surface area contributed by atoms with Crippen LogP contribution in [0.1, 0.15) is 35.2 Å². The van der Waals surface area contributed by atoms with Crippen LogP contribution in [0.2, 0.25) is 0 Å². The molecule has 1 aliphatic heterocycles. The number of aliphatic hydroxyl groups is 2. The topological polar surface area (TPSA) is 84.6 Å². The number of amides is 1. The van der Waals surface area contributed by atoms with Gasteiger partial charge in [0.25, 0.3) is 5.91 Å². The van der Waals surface area contributed by atoms with Crippen LogP contribution in [-0.2, 0) is 0 Å². The van der Waals surface area contributed by atoms with Crippen LogP contribution >= 0.6 is 0 Å². The van der Waals surface area contributed by atoms with Crippen molar-refractivity contribution >= 4 is 5.91 Å². The summed E-state index contributed by atoms with van der Waals surface area (Å²) in [6.45, 7) is 0.684. The van der Waals surface area contributed by atoms with Crippen molar-refractivity contribution in [1.29, 1.82) is 5.26 Å². The Morgan fingerprint density at radius 3 is 2.90 bits per heavy atom. The normalized spacial score (nSPS) is 22.9. The molecule has 106 valence electrons. The standard InChI is InChI=1S/C15H18N2O3/c16-10-12-3-1-4-13(9-12)14(19)17-7-2-5-15(20,11-18)6-8-17/h1,3-4,9,18,20H,2,5-8,11H2. The number of nitriles is 1. The van der Waals surface area contributed by atoms with Crippen LogP contribution in [0.15, 0.2) is 24.3 Å². The third-order valence-electron chi connectivity index (χ3n) is 3.74. The summed E-state index contributed by atoms with van der Waals surface area (Å²) in [5.41, 5.74) is -0.139. The Morgan fingerprint density at radius 2 is 2.20 bits per heavy atom. The molecule has 1 aromatic rings. The molecule has 1 aromatic carbocycles. The van der Waals surface area contributed by atoms with E-state index >= 15 is 0 Å². The monoisotopic (exact) mass is 274 g/mol. The van der Waals surface area contributed by atoms with Crippen LogP contribution < -0.4 is 0 Å². The number of benzene rings is 1. The zero-order valence-electron chi connectivity index (χ0n) is 11.2.